The summed E-state index contributed by atoms with van der Waals surface area (Å²) in [5.74, 6) is 2.27. The second kappa shape index (κ2) is 14.3. The van der Waals surface area contributed by atoms with Crippen LogP contribution in [0.2, 0.25) is 0 Å². The SMILES string of the molecule is C=C(/C=C/c1ccc(OCc2ccccn2)cc1C)CC(=C)/C=C/c1ccc(OCc2ccccn2)cc1OC. The lowest BCUT2D eigenvalue weighted by Gasteiger charge is -2.10. The molecule has 4 aromatic rings. The highest BCUT2D eigenvalue weighted by Crippen LogP contribution is 2.27. The molecule has 4 rings (SSSR count). The zero-order chi connectivity index (χ0) is 28.2. The smallest absolute Gasteiger partial charge is 0.130 e. The number of rotatable bonds is 13. The topological polar surface area (TPSA) is 53.5 Å². The maximum Gasteiger partial charge on any atom is 0.130 e. The molecule has 0 saturated carbocycles. The van der Waals surface area contributed by atoms with Crippen LogP contribution in [0, 0.1) is 6.92 Å². The fourth-order valence-electron chi connectivity index (χ4n) is 3.95. The van der Waals surface area contributed by atoms with E-state index in [2.05, 4.69) is 42.2 Å². The van der Waals surface area contributed by atoms with Crippen LogP contribution in [0.5, 0.6) is 17.2 Å². The van der Waals surface area contributed by atoms with Gasteiger partial charge in [-0.25, -0.2) is 0 Å². The molecule has 0 fully saturated rings. The molecule has 0 saturated heterocycles. The Balaban J connectivity index is 1.28. The molecule has 0 aliphatic carbocycles. The van der Waals surface area contributed by atoms with Crippen LogP contribution in [0.15, 0.2) is 122 Å². The molecule has 202 valence electrons. The van der Waals surface area contributed by atoms with E-state index in [-0.39, 0.29) is 0 Å². The summed E-state index contributed by atoms with van der Waals surface area (Å²) in [7, 11) is 1.65. The van der Waals surface area contributed by atoms with E-state index >= 15 is 0 Å². The molecule has 0 N–H and O–H groups in total. The third-order valence-corrected chi connectivity index (χ3v) is 6.12. The lowest BCUT2D eigenvalue weighted by Crippen LogP contribution is -1.98. The van der Waals surface area contributed by atoms with E-state index in [0.717, 1.165) is 56.5 Å². The zero-order valence-corrected chi connectivity index (χ0v) is 23.0. The number of hydrogen-bond acceptors (Lipinski definition) is 5. The fourth-order valence-corrected chi connectivity index (χ4v) is 3.95. The Hall–Kier alpha value is -4.90. The van der Waals surface area contributed by atoms with Gasteiger partial charge >= 0.3 is 0 Å². The Labute approximate surface area is 236 Å². The second-order valence-electron chi connectivity index (χ2n) is 9.30. The summed E-state index contributed by atoms with van der Waals surface area (Å²) in [5.41, 5.74) is 6.86. The van der Waals surface area contributed by atoms with Crippen molar-refractivity contribution in [3.8, 4) is 17.2 Å². The van der Waals surface area contributed by atoms with Gasteiger partial charge in [-0.2, -0.15) is 0 Å². The Morgan fingerprint density at radius 2 is 1.27 bits per heavy atom. The van der Waals surface area contributed by atoms with Gasteiger partial charge in [0.1, 0.15) is 30.5 Å². The van der Waals surface area contributed by atoms with Crippen molar-refractivity contribution in [3.63, 3.8) is 0 Å². The number of ether oxygens (including phenoxy) is 3. The Kier molecular flexibility index (Phi) is 10.1. The Bertz CT molecular complexity index is 1490. The molecule has 40 heavy (non-hydrogen) atoms. The van der Waals surface area contributed by atoms with Gasteiger partial charge in [0.25, 0.3) is 0 Å². The van der Waals surface area contributed by atoms with Crippen molar-refractivity contribution in [1.29, 1.82) is 0 Å². The molecule has 0 radical (unpaired) electrons. The molecule has 2 aromatic carbocycles. The number of nitrogens with zero attached hydrogens (tertiary/aromatic N) is 2. The minimum atomic E-state index is 0.398. The van der Waals surface area contributed by atoms with E-state index in [1.54, 1.807) is 19.5 Å². The van der Waals surface area contributed by atoms with Gasteiger partial charge in [-0.3, -0.25) is 9.97 Å². The average Bonchev–Trinajstić information content (AvgIpc) is 2.98. The summed E-state index contributed by atoms with van der Waals surface area (Å²) in [6.45, 7) is 11.3. The van der Waals surface area contributed by atoms with Gasteiger partial charge in [0.2, 0.25) is 0 Å². The summed E-state index contributed by atoms with van der Waals surface area (Å²) in [6.07, 6.45) is 12.3. The molecule has 0 amide bonds. The van der Waals surface area contributed by atoms with Gasteiger partial charge in [-0.1, -0.05) is 66.8 Å². The van der Waals surface area contributed by atoms with Gasteiger partial charge < -0.3 is 14.2 Å². The predicted octanol–water partition coefficient (Wildman–Crippen LogP) is 8.18. The van der Waals surface area contributed by atoms with E-state index in [1.807, 2.05) is 85.0 Å². The fraction of sp³-hybridized carbons (Fsp3) is 0.143. The van der Waals surface area contributed by atoms with Gasteiger partial charge in [0.05, 0.1) is 18.5 Å². The number of pyridine rings is 2. The molecule has 5 heteroatoms. The molecule has 0 aliphatic heterocycles. The van der Waals surface area contributed by atoms with Crippen LogP contribution in [0.3, 0.4) is 0 Å². The van der Waals surface area contributed by atoms with Crippen LogP contribution in [0.25, 0.3) is 12.2 Å². The first-order valence-corrected chi connectivity index (χ1v) is 13.1. The van der Waals surface area contributed by atoms with Crippen LogP contribution in [0.4, 0.5) is 0 Å². The maximum absolute atomic E-state index is 5.88. The summed E-state index contributed by atoms with van der Waals surface area (Å²) in [4.78, 5) is 8.58. The third kappa shape index (κ3) is 8.57. The molecule has 0 unspecified atom stereocenters. The van der Waals surface area contributed by atoms with E-state index in [4.69, 9.17) is 14.2 Å². The molecule has 0 bridgehead atoms. The molecule has 2 heterocycles. The third-order valence-electron chi connectivity index (χ3n) is 6.12. The van der Waals surface area contributed by atoms with E-state index in [1.165, 1.54) is 0 Å². The number of benzene rings is 2. The standard InChI is InChI=1S/C35H34N2O3/c1-26(11-13-29-15-17-33(22-28(29)3)39-24-31-9-5-7-19-36-31)21-27(2)12-14-30-16-18-34(23-35(30)38-4)40-25-32-10-6-8-20-37-32/h5-20,22-23H,1-2,21,24-25H2,3-4H3/b13-11+,14-12+. The Morgan fingerprint density at radius 3 is 1.80 bits per heavy atom. The molecular weight excluding hydrogens is 496 g/mol. The Morgan fingerprint density at radius 1 is 0.725 bits per heavy atom. The summed E-state index contributed by atoms with van der Waals surface area (Å²) < 4.78 is 17.3. The van der Waals surface area contributed by atoms with Gasteiger partial charge in [-0.15, -0.1) is 0 Å². The molecule has 0 aliphatic rings. The van der Waals surface area contributed by atoms with Crippen LogP contribution in [-0.2, 0) is 13.2 Å². The number of aryl methyl sites for hydroxylation is 1. The highest BCUT2D eigenvalue weighted by Gasteiger charge is 2.05. The van der Waals surface area contributed by atoms with Crippen LogP contribution in [-0.4, -0.2) is 17.1 Å². The first kappa shape index (κ1) is 28.1. The predicted molar refractivity (Wildman–Crippen MR) is 162 cm³/mol. The number of aromatic nitrogens is 2. The number of allylic oxidation sites excluding steroid dienone is 4. The minimum absolute atomic E-state index is 0.398. The second-order valence-corrected chi connectivity index (χ2v) is 9.30. The summed E-state index contributed by atoms with van der Waals surface area (Å²) >= 11 is 0. The van der Waals surface area contributed by atoms with Gasteiger partial charge in [-0.05, 0) is 73.0 Å². The molecule has 2 aromatic heterocycles. The van der Waals surface area contributed by atoms with Crippen molar-refractivity contribution in [2.75, 3.05) is 7.11 Å². The van der Waals surface area contributed by atoms with Crippen molar-refractivity contribution in [2.24, 2.45) is 0 Å². The first-order chi connectivity index (χ1) is 19.5. The highest BCUT2D eigenvalue weighted by atomic mass is 16.5. The monoisotopic (exact) mass is 530 g/mol. The molecule has 0 spiro atoms. The molecular formula is C35H34N2O3. The highest BCUT2D eigenvalue weighted by molar-refractivity contribution is 5.62. The van der Waals surface area contributed by atoms with E-state index in [0.29, 0.717) is 19.6 Å². The van der Waals surface area contributed by atoms with Crippen molar-refractivity contribution in [3.05, 3.63) is 150 Å². The number of methoxy groups -OCH3 is 1. The average molecular weight is 531 g/mol. The largest absolute Gasteiger partial charge is 0.496 e. The van der Waals surface area contributed by atoms with Gasteiger partial charge in [0, 0.05) is 24.0 Å². The normalized spacial score (nSPS) is 11.1. The van der Waals surface area contributed by atoms with Crippen LogP contribution < -0.4 is 14.2 Å². The quantitative estimate of drug-likeness (QED) is 0.163. The van der Waals surface area contributed by atoms with Crippen molar-refractivity contribution in [1.82, 2.24) is 9.97 Å². The minimum Gasteiger partial charge on any atom is -0.496 e. The van der Waals surface area contributed by atoms with Gasteiger partial charge in [0.15, 0.2) is 0 Å². The van der Waals surface area contributed by atoms with Crippen molar-refractivity contribution in [2.45, 2.75) is 26.6 Å². The summed E-state index contributed by atoms with van der Waals surface area (Å²) in [6, 6.07) is 23.4. The lowest BCUT2D eigenvalue weighted by molar-refractivity contribution is 0.299. The van der Waals surface area contributed by atoms with Crippen molar-refractivity contribution >= 4 is 12.2 Å². The number of hydrogen-bond donors (Lipinski definition) is 0. The first-order valence-electron chi connectivity index (χ1n) is 13.1. The lowest BCUT2D eigenvalue weighted by atomic mass is 10.0. The molecule has 5 nitrogen and oxygen atoms in total. The van der Waals surface area contributed by atoms with Crippen LogP contribution >= 0.6 is 0 Å². The molecule has 0 atom stereocenters. The van der Waals surface area contributed by atoms with Crippen LogP contribution in [0.1, 0.15) is 34.5 Å². The summed E-state index contributed by atoms with van der Waals surface area (Å²) in [5, 5.41) is 0. The van der Waals surface area contributed by atoms with Crippen molar-refractivity contribution < 1.29 is 14.2 Å². The van der Waals surface area contributed by atoms with E-state index < -0.39 is 0 Å². The van der Waals surface area contributed by atoms with E-state index in [9.17, 15) is 0 Å². The zero-order valence-electron chi connectivity index (χ0n) is 23.0. The maximum atomic E-state index is 5.88.